The molecular formula is C11H14N4O2S. The predicted octanol–water partition coefficient (Wildman–Crippen LogP) is 1.95. The summed E-state index contributed by atoms with van der Waals surface area (Å²) in [6, 6.07) is 3.03. The molecule has 6 nitrogen and oxygen atoms in total. The maximum absolute atomic E-state index is 9.83. The van der Waals surface area contributed by atoms with Crippen LogP contribution in [0.25, 0.3) is 0 Å². The highest BCUT2D eigenvalue weighted by Gasteiger charge is 2.12. The van der Waals surface area contributed by atoms with Crippen molar-refractivity contribution in [2.45, 2.75) is 36.9 Å². The lowest BCUT2D eigenvalue weighted by Crippen LogP contribution is -2.00. The fourth-order valence-electron chi connectivity index (χ4n) is 1.46. The molecule has 0 bridgehead atoms. The van der Waals surface area contributed by atoms with Crippen LogP contribution in [0.1, 0.15) is 18.9 Å². The molecule has 0 unspecified atom stereocenters. The second-order valence-corrected chi connectivity index (χ2v) is 4.90. The van der Waals surface area contributed by atoms with Crippen LogP contribution in [0, 0.1) is 6.92 Å². The van der Waals surface area contributed by atoms with Gasteiger partial charge < -0.3 is 10.2 Å². The smallest absolute Gasteiger partial charge is 0.214 e. The molecule has 2 aromatic rings. The molecule has 0 amide bonds. The molecule has 2 N–H and O–H groups in total. The van der Waals surface area contributed by atoms with Gasteiger partial charge in [0.05, 0.1) is 4.90 Å². The Morgan fingerprint density at radius 3 is 2.78 bits per heavy atom. The van der Waals surface area contributed by atoms with E-state index in [1.54, 1.807) is 11.6 Å². The Bertz CT molecular complexity index is 556. The average Bonchev–Trinajstić information content (AvgIpc) is 2.74. The molecule has 0 aliphatic rings. The molecule has 0 saturated heterocycles. The minimum absolute atomic E-state index is 0.112. The van der Waals surface area contributed by atoms with E-state index in [9.17, 15) is 10.2 Å². The van der Waals surface area contributed by atoms with Crippen molar-refractivity contribution in [1.29, 1.82) is 0 Å². The molecule has 7 heteroatoms. The molecule has 96 valence electrons. The summed E-state index contributed by atoms with van der Waals surface area (Å²) in [5, 5.41) is 31.4. The van der Waals surface area contributed by atoms with Gasteiger partial charge in [-0.15, -0.1) is 5.10 Å². The number of benzene rings is 1. The summed E-state index contributed by atoms with van der Waals surface area (Å²) in [5.41, 5.74) is 0.630. The van der Waals surface area contributed by atoms with Crippen LogP contribution in [-0.4, -0.2) is 30.4 Å². The maximum Gasteiger partial charge on any atom is 0.214 e. The van der Waals surface area contributed by atoms with Crippen molar-refractivity contribution in [2.24, 2.45) is 0 Å². The summed E-state index contributed by atoms with van der Waals surface area (Å²) in [7, 11) is 0. The third-order valence-electron chi connectivity index (χ3n) is 2.41. The van der Waals surface area contributed by atoms with Gasteiger partial charge in [-0.05, 0) is 53.2 Å². The molecule has 0 fully saturated rings. The molecule has 1 heterocycles. The standard InChI is InChI=1S/C11H14N4O2S/c1-3-4-15-11(12-13-14-15)18-10-6-8(16)7(2)5-9(10)17/h5-6,16-17H,3-4H2,1-2H3. The van der Waals surface area contributed by atoms with Crippen molar-refractivity contribution in [3.63, 3.8) is 0 Å². The molecule has 1 aromatic carbocycles. The van der Waals surface area contributed by atoms with Gasteiger partial charge in [-0.1, -0.05) is 6.92 Å². The zero-order chi connectivity index (χ0) is 13.1. The van der Waals surface area contributed by atoms with Gasteiger partial charge in [0.15, 0.2) is 0 Å². The van der Waals surface area contributed by atoms with E-state index in [4.69, 9.17) is 0 Å². The molecule has 1 aromatic heterocycles. The van der Waals surface area contributed by atoms with E-state index < -0.39 is 0 Å². The van der Waals surface area contributed by atoms with Crippen molar-refractivity contribution in [1.82, 2.24) is 20.2 Å². The second kappa shape index (κ2) is 5.26. The Hall–Kier alpha value is -1.76. The molecule has 0 radical (unpaired) electrons. The molecule has 0 saturated carbocycles. The molecule has 18 heavy (non-hydrogen) atoms. The van der Waals surface area contributed by atoms with Gasteiger partial charge in [-0.3, -0.25) is 0 Å². The predicted molar refractivity (Wildman–Crippen MR) is 66.7 cm³/mol. The van der Waals surface area contributed by atoms with Crippen molar-refractivity contribution in [3.05, 3.63) is 17.7 Å². The first-order chi connectivity index (χ1) is 8.61. The van der Waals surface area contributed by atoms with Crippen molar-refractivity contribution in [2.75, 3.05) is 0 Å². The van der Waals surface area contributed by atoms with Crippen LogP contribution >= 0.6 is 11.8 Å². The van der Waals surface area contributed by atoms with E-state index in [2.05, 4.69) is 15.5 Å². The maximum atomic E-state index is 9.83. The highest BCUT2D eigenvalue weighted by atomic mass is 32.2. The lowest BCUT2D eigenvalue weighted by atomic mass is 10.2. The minimum atomic E-state index is 0.112. The fraction of sp³-hybridized carbons (Fsp3) is 0.364. The van der Waals surface area contributed by atoms with Crippen LogP contribution in [0.3, 0.4) is 0 Å². The van der Waals surface area contributed by atoms with Crippen LogP contribution in [-0.2, 0) is 6.54 Å². The largest absolute Gasteiger partial charge is 0.508 e. The zero-order valence-electron chi connectivity index (χ0n) is 10.2. The zero-order valence-corrected chi connectivity index (χ0v) is 11.0. The van der Waals surface area contributed by atoms with Crippen molar-refractivity contribution < 1.29 is 10.2 Å². The number of rotatable bonds is 4. The van der Waals surface area contributed by atoms with E-state index in [0.717, 1.165) is 6.42 Å². The number of aromatic hydroxyl groups is 2. The molecular weight excluding hydrogens is 252 g/mol. The lowest BCUT2D eigenvalue weighted by molar-refractivity contribution is 0.445. The Balaban J connectivity index is 2.28. The SMILES string of the molecule is CCCn1nnnc1Sc1cc(O)c(C)cc1O. The van der Waals surface area contributed by atoms with E-state index >= 15 is 0 Å². The summed E-state index contributed by atoms with van der Waals surface area (Å²) in [6.07, 6.45) is 0.920. The second-order valence-electron chi connectivity index (χ2n) is 3.89. The monoisotopic (exact) mass is 266 g/mol. The van der Waals surface area contributed by atoms with Crippen LogP contribution in [0.4, 0.5) is 0 Å². The summed E-state index contributed by atoms with van der Waals surface area (Å²) >= 11 is 1.23. The number of nitrogens with zero attached hydrogens (tertiary/aromatic N) is 4. The fourth-order valence-corrected chi connectivity index (χ4v) is 2.31. The third kappa shape index (κ3) is 2.56. The minimum Gasteiger partial charge on any atom is -0.508 e. The number of tetrazole rings is 1. The molecule has 0 atom stereocenters. The lowest BCUT2D eigenvalue weighted by Gasteiger charge is -2.07. The van der Waals surface area contributed by atoms with Crippen LogP contribution in [0.15, 0.2) is 22.2 Å². The van der Waals surface area contributed by atoms with E-state index in [1.807, 2.05) is 6.92 Å². The van der Waals surface area contributed by atoms with Gasteiger partial charge in [0.2, 0.25) is 5.16 Å². The Labute approximate surface area is 109 Å². The molecule has 0 aliphatic heterocycles. The average molecular weight is 266 g/mol. The van der Waals surface area contributed by atoms with Gasteiger partial charge in [0.1, 0.15) is 11.5 Å². The third-order valence-corrected chi connectivity index (χ3v) is 3.44. The van der Waals surface area contributed by atoms with Crippen LogP contribution in [0.5, 0.6) is 11.5 Å². The topological polar surface area (TPSA) is 84.1 Å². The summed E-state index contributed by atoms with van der Waals surface area (Å²) in [4.78, 5) is 0.533. The summed E-state index contributed by atoms with van der Waals surface area (Å²) in [5.74, 6) is 0.256. The first kappa shape index (κ1) is 12.7. The van der Waals surface area contributed by atoms with Crippen molar-refractivity contribution >= 4 is 11.8 Å². The number of phenolic OH excluding ortho intramolecular Hbond substituents is 2. The number of aryl methyl sites for hydroxylation is 2. The Morgan fingerprint density at radius 1 is 1.28 bits per heavy atom. The van der Waals surface area contributed by atoms with E-state index in [0.29, 0.717) is 22.2 Å². The van der Waals surface area contributed by atoms with Crippen LogP contribution in [0.2, 0.25) is 0 Å². The Morgan fingerprint density at radius 2 is 2.06 bits per heavy atom. The van der Waals surface area contributed by atoms with Gasteiger partial charge in [0, 0.05) is 6.54 Å². The van der Waals surface area contributed by atoms with Gasteiger partial charge in [-0.2, -0.15) is 0 Å². The molecule has 0 spiro atoms. The number of hydrogen-bond donors (Lipinski definition) is 2. The molecule has 2 rings (SSSR count). The van der Waals surface area contributed by atoms with Gasteiger partial charge in [-0.25, -0.2) is 4.68 Å². The highest BCUT2D eigenvalue weighted by molar-refractivity contribution is 7.99. The number of phenols is 2. The van der Waals surface area contributed by atoms with Gasteiger partial charge >= 0.3 is 0 Å². The molecule has 0 aliphatic carbocycles. The number of hydrogen-bond acceptors (Lipinski definition) is 6. The Kier molecular flexibility index (Phi) is 3.71. The highest BCUT2D eigenvalue weighted by Crippen LogP contribution is 2.37. The normalized spacial score (nSPS) is 10.8. The first-order valence-corrected chi connectivity index (χ1v) is 6.40. The van der Waals surface area contributed by atoms with Crippen LogP contribution < -0.4 is 0 Å². The quantitative estimate of drug-likeness (QED) is 0.823. The van der Waals surface area contributed by atoms with Crippen molar-refractivity contribution in [3.8, 4) is 11.5 Å². The van der Waals surface area contributed by atoms with E-state index in [-0.39, 0.29) is 11.5 Å². The first-order valence-electron chi connectivity index (χ1n) is 5.58. The number of aromatic nitrogens is 4. The summed E-state index contributed by atoms with van der Waals surface area (Å²) < 4.78 is 1.67. The van der Waals surface area contributed by atoms with Gasteiger partial charge in [0.25, 0.3) is 0 Å². The van der Waals surface area contributed by atoms with E-state index in [1.165, 1.54) is 23.9 Å². The summed E-state index contributed by atoms with van der Waals surface area (Å²) in [6.45, 7) is 4.48.